The Morgan fingerprint density at radius 3 is 2.94 bits per heavy atom. The lowest BCUT2D eigenvalue weighted by Crippen LogP contribution is -2.30. The maximum atomic E-state index is 11.7. The van der Waals surface area contributed by atoms with E-state index in [1.165, 1.54) is 0 Å². The number of sulfonamides is 1. The number of aromatic amines is 1. The Morgan fingerprint density at radius 1 is 1.62 bits per heavy atom. The lowest BCUT2D eigenvalue weighted by atomic mass is 10.0. The zero-order valence-corrected chi connectivity index (χ0v) is 10.4. The molecule has 1 aliphatic rings. The van der Waals surface area contributed by atoms with Crippen molar-refractivity contribution < 1.29 is 8.42 Å². The predicted molar refractivity (Wildman–Crippen MR) is 61.7 cm³/mol. The predicted octanol–water partition coefficient (Wildman–Crippen LogP) is 0.857. The third-order valence-corrected chi connectivity index (χ3v) is 5.03. The van der Waals surface area contributed by atoms with Gasteiger partial charge < -0.3 is 0 Å². The van der Waals surface area contributed by atoms with Gasteiger partial charge in [-0.2, -0.15) is 5.10 Å². The third kappa shape index (κ3) is 1.99. The fourth-order valence-electron chi connectivity index (χ4n) is 2.17. The average Bonchev–Trinajstić information content (AvgIpc) is 2.85. The van der Waals surface area contributed by atoms with Crippen LogP contribution in [0.3, 0.4) is 0 Å². The topological polar surface area (TPSA) is 66.1 Å². The first-order valence-electron chi connectivity index (χ1n) is 5.52. The number of nitrogens with one attached hydrogen (secondary N) is 1. The van der Waals surface area contributed by atoms with Crippen molar-refractivity contribution in [1.82, 2.24) is 14.5 Å². The van der Waals surface area contributed by atoms with Crippen molar-refractivity contribution in [2.24, 2.45) is 0 Å². The first-order chi connectivity index (χ1) is 7.54. The van der Waals surface area contributed by atoms with Crippen molar-refractivity contribution >= 4 is 10.0 Å². The molecular formula is C10H17N3O2S. The maximum absolute atomic E-state index is 11.7. The smallest absolute Gasteiger partial charge is 0.213 e. The van der Waals surface area contributed by atoms with Crippen LogP contribution in [0.4, 0.5) is 0 Å². The number of aromatic nitrogens is 2. The van der Waals surface area contributed by atoms with Crippen LogP contribution in [0.15, 0.2) is 6.20 Å². The molecule has 0 spiro atoms. The molecule has 1 aliphatic heterocycles. The minimum Gasteiger partial charge on any atom is -0.282 e. The fourth-order valence-corrected chi connectivity index (χ4v) is 3.32. The van der Waals surface area contributed by atoms with Crippen LogP contribution in [0, 0.1) is 6.92 Å². The molecule has 16 heavy (non-hydrogen) atoms. The van der Waals surface area contributed by atoms with Crippen LogP contribution >= 0.6 is 0 Å². The van der Waals surface area contributed by atoms with Gasteiger partial charge in [-0.3, -0.25) is 5.10 Å². The molecule has 1 fully saturated rings. The summed E-state index contributed by atoms with van der Waals surface area (Å²) in [6.07, 6.45) is 2.66. The van der Waals surface area contributed by atoms with E-state index < -0.39 is 10.0 Å². The Bertz CT molecular complexity index is 466. The van der Waals surface area contributed by atoms with Crippen molar-refractivity contribution in [2.75, 3.05) is 18.8 Å². The summed E-state index contributed by atoms with van der Waals surface area (Å²) in [5.74, 6) is 0.450. The van der Waals surface area contributed by atoms with Gasteiger partial charge in [0.2, 0.25) is 10.0 Å². The summed E-state index contributed by atoms with van der Waals surface area (Å²) in [4.78, 5) is 0. The molecule has 1 aromatic rings. The highest BCUT2D eigenvalue weighted by Crippen LogP contribution is 2.29. The molecule has 2 heterocycles. The molecular weight excluding hydrogens is 226 g/mol. The van der Waals surface area contributed by atoms with Gasteiger partial charge in [0.15, 0.2) is 0 Å². The van der Waals surface area contributed by atoms with Gasteiger partial charge in [-0.05, 0) is 25.8 Å². The fraction of sp³-hybridized carbons (Fsp3) is 0.700. The van der Waals surface area contributed by atoms with Gasteiger partial charge in [0.25, 0.3) is 0 Å². The van der Waals surface area contributed by atoms with Crippen LogP contribution in [-0.4, -0.2) is 41.8 Å². The second-order valence-corrected chi connectivity index (χ2v) is 6.47. The van der Waals surface area contributed by atoms with Crippen LogP contribution in [0.25, 0.3) is 0 Å². The Labute approximate surface area is 95.9 Å². The number of nitrogens with zero attached hydrogens (tertiary/aromatic N) is 2. The molecule has 0 bridgehead atoms. The zero-order valence-electron chi connectivity index (χ0n) is 9.60. The van der Waals surface area contributed by atoms with E-state index in [1.54, 1.807) is 17.4 Å². The molecule has 0 saturated carbocycles. The molecule has 0 aliphatic carbocycles. The Kier molecular flexibility index (Phi) is 3.03. The number of hydrogen-bond acceptors (Lipinski definition) is 3. The van der Waals surface area contributed by atoms with E-state index in [9.17, 15) is 8.42 Å². The van der Waals surface area contributed by atoms with E-state index in [-0.39, 0.29) is 11.7 Å². The van der Waals surface area contributed by atoms with Gasteiger partial charge in [-0.1, -0.05) is 0 Å². The monoisotopic (exact) mass is 243 g/mol. The summed E-state index contributed by atoms with van der Waals surface area (Å²) in [5.41, 5.74) is 2.19. The quantitative estimate of drug-likeness (QED) is 0.856. The Hall–Kier alpha value is -0.880. The zero-order chi connectivity index (χ0) is 11.8. The van der Waals surface area contributed by atoms with Crippen molar-refractivity contribution in [3.63, 3.8) is 0 Å². The Morgan fingerprint density at radius 2 is 2.38 bits per heavy atom. The number of rotatable bonds is 3. The van der Waals surface area contributed by atoms with Crippen molar-refractivity contribution in [3.8, 4) is 0 Å². The minimum absolute atomic E-state index is 0.182. The number of hydrogen-bond donors (Lipinski definition) is 1. The third-order valence-electron chi connectivity index (χ3n) is 3.19. The van der Waals surface area contributed by atoms with E-state index in [1.807, 2.05) is 6.92 Å². The largest absolute Gasteiger partial charge is 0.282 e. The van der Waals surface area contributed by atoms with Crippen molar-refractivity contribution in [2.45, 2.75) is 26.2 Å². The molecule has 5 nitrogen and oxygen atoms in total. The van der Waals surface area contributed by atoms with Gasteiger partial charge >= 0.3 is 0 Å². The van der Waals surface area contributed by atoms with Gasteiger partial charge in [0, 0.05) is 24.7 Å². The highest BCUT2D eigenvalue weighted by molar-refractivity contribution is 7.89. The number of aryl methyl sites for hydroxylation is 1. The molecule has 2 rings (SSSR count). The van der Waals surface area contributed by atoms with E-state index in [2.05, 4.69) is 10.2 Å². The second kappa shape index (κ2) is 4.18. The summed E-state index contributed by atoms with van der Waals surface area (Å²) >= 11 is 0. The molecule has 1 saturated heterocycles. The SMILES string of the molecule is CCS(=O)(=O)N1CCC(c2[nH]ncc2C)C1. The molecule has 1 N–H and O–H groups in total. The Balaban J connectivity index is 2.13. The molecule has 0 aromatic carbocycles. The van der Waals surface area contributed by atoms with Gasteiger partial charge in [0.05, 0.1) is 11.9 Å². The molecule has 90 valence electrons. The van der Waals surface area contributed by atoms with Crippen LogP contribution in [0.5, 0.6) is 0 Å². The van der Waals surface area contributed by atoms with Gasteiger partial charge in [-0.15, -0.1) is 0 Å². The molecule has 0 amide bonds. The van der Waals surface area contributed by atoms with E-state index in [0.29, 0.717) is 13.1 Å². The van der Waals surface area contributed by atoms with E-state index in [4.69, 9.17) is 0 Å². The van der Waals surface area contributed by atoms with Crippen LogP contribution in [0.1, 0.15) is 30.5 Å². The standard InChI is InChI=1S/C10H17N3O2S/c1-3-16(14,15)13-5-4-9(7-13)10-8(2)6-11-12-10/h6,9H,3-5,7H2,1-2H3,(H,11,12). The van der Waals surface area contributed by atoms with Crippen LogP contribution < -0.4 is 0 Å². The highest BCUT2D eigenvalue weighted by Gasteiger charge is 2.32. The highest BCUT2D eigenvalue weighted by atomic mass is 32.2. The summed E-state index contributed by atoms with van der Waals surface area (Å²) in [5, 5.41) is 6.95. The van der Waals surface area contributed by atoms with E-state index in [0.717, 1.165) is 17.7 Å². The molecule has 1 unspecified atom stereocenters. The normalized spacial score (nSPS) is 22.8. The first-order valence-corrected chi connectivity index (χ1v) is 7.13. The van der Waals surface area contributed by atoms with E-state index >= 15 is 0 Å². The summed E-state index contributed by atoms with van der Waals surface area (Å²) in [6.45, 7) is 4.89. The van der Waals surface area contributed by atoms with Crippen LogP contribution in [-0.2, 0) is 10.0 Å². The van der Waals surface area contributed by atoms with Gasteiger partial charge in [0.1, 0.15) is 0 Å². The summed E-state index contributed by atoms with van der Waals surface area (Å²) in [6, 6.07) is 0. The lowest BCUT2D eigenvalue weighted by molar-refractivity contribution is 0.473. The summed E-state index contributed by atoms with van der Waals surface area (Å²) < 4.78 is 25.0. The van der Waals surface area contributed by atoms with Crippen molar-refractivity contribution in [1.29, 1.82) is 0 Å². The van der Waals surface area contributed by atoms with Crippen molar-refractivity contribution in [3.05, 3.63) is 17.5 Å². The second-order valence-electron chi connectivity index (χ2n) is 4.21. The number of H-pyrrole nitrogens is 1. The molecule has 1 aromatic heterocycles. The molecule has 1 atom stereocenters. The average molecular weight is 243 g/mol. The lowest BCUT2D eigenvalue weighted by Gasteiger charge is -2.14. The summed E-state index contributed by atoms with van der Waals surface area (Å²) in [7, 11) is -3.04. The molecule has 0 radical (unpaired) electrons. The van der Waals surface area contributed by atoms with Gasteiger partial charge in [-0.25, -0.2) is 12.7 Å². The maximum Gasteiger partial charge on any atom is 0.213 e. The van der Waals surface area contributed by atoms with Crippen LogP contribution in [0.2, 0.25) is 0 Å². The first kappa shape index (κ1) is 11.6. The minimum atomic E-state index is -3.04. The molecule has 6 heteroatoms.